The fraction of sp³-hybridized carbons (Fsp3) is 0.500. The van der Waals surface area contributed by atoms with Gasteiger partial charge in [0, 0.05) is 17.0 Å². The fourth-order valence-corrected chi connectivity index (χ4v) is 3.52. The highest BCUT2D eigenvalue weighted by molar-refractivity contribution is 7.98. The molecule has 0 radical (unpaired) electrons. The number of benzene rings is 1. The second-order valence-corrected chi connectivity index (χ2v) is 7.70. The van der Waals surface area contributed by atoms with Gasteiger partial charge in [0.25, 0.3) is 5.91 Å². The molecular formula is C20H30N3O2S+. The first-order chi connectivity index (χ1) is 12.6. The van der Waals surface area contributed by atoms with Crippen molar-refractivity contribution in [2.75, 3.05) is 26.4 Å². The van der Waals surface area contributed by atoms with Crippen LogP contribution in [0.15, 0.2) is 40.8 Å². The van der Waals surface area contributed by atoms with E-state index in [4.69, 9.17) is 0 Å². The van der Waals surface area contributed by atoms with Crippen molar-refractivity contribution in [1.29, 1.82) is 0 Å². The first-order valence-corrected chi connectivity index (χ1v) is 10.5. The van der Waals surface area contributed by atoms with Crippen molar-refractivity contribution in [3.63, 3.8) is 0 Å². The van der Waals surface area contributed by atoms with E-state index in [1.807, 2.05) is 13.3 Å². The second-order valence-electron chi connectivity index (χ2n) is 6.82. The average Bonchev–Trinajstić information content (AvgIpc) is 2.63. The largest absolute Gasteiger partial charge is 0.337 e. The molecular weight excluding hydrogens is 346 g/mol. The van der Waals surface area contributed by atoms with Crippen LogP contribution in [0, 0.1) is 0 Å². The Kier molecular flexibility index (Phi) is 8.71. The number of urea groups is 1. The Morgan fingerprint density at radius 3 is 2.62 bits per heavy atom. The van der Waals surface area contributed by atoms with Gasteiger partial charge < -0.3 is 10.2 Å². The van der Waals surface area contributed by atoms with Crippen molar-refractivity contribution in [3.8, 4) is 0 Å². The Morgan fingerprint density at radius 1 is 1.19 bits per heavy atom. The predicted octanol–water partition coefficient (Wildman–Crippen LogP) is 2.14. The monoisotopic (exact) mass is 376 g/mol. The molecule has 26 heavy (non-hydrogen) atoms. The number of thioether (sulfide) groups is 1. The molecule has 1 aromatic carbocycles. The maximum Gasteiger partial charge on any atom is 0.321 e. The molecule has 1 unspecified atom stereocenters. The minimum atomic E-state index is -0.400. The summed E-state index contributed by atoms with van der Waals surface area (Å²) in [7, 11) is 1.95. The quantitative estimate of drug-likeness (QED) is 0.481. The number of rotatable bonds is 8. The van der Waals surface area contributed by atoms with Crippen LogP contribution in [-0.4, -0.2) is 38.3 Å². The van der Waals surface area contributed by atoms with E-state index < -0.39 is 6.03 Å². The first kappa shape index (κ1) is 20.5. The van der Waals surface area contributed by atoms with Gasteiger partial charge in [-0.05, 0) is 50.5 Å². The van der Waals surface area contributed by atoms with Crippen LogP contribution < -0.4 is 15.5 Å². The van der Waals surface area contributed by atoms with E-state index >= 15 is 0 Å². The van der Waals surface area contributed by atoms with Crippen molar-refractivity contribution < 1.29 is 14.5 Å². The molecule has 3 amide bonds. The normalized spacial score (nSPS) is 15.1. The Bertz CT molecular complexity index is 628. The molecule has 0 bridgehead atoms. The predicted molar refractivity (Wildman–Crippen MR) is 106 cm³/mol. The summed E-state index contributed by atoms with van der Waals surface area (Å²) in [5.41, 5.74) is 2.60. The molecule has 3 N–H and O–H groups in total. The minimum Gasteiger partial charge on any atom is -0.337 e. The van der Waals surface area contributed by atoms with Crippen molar-refractivity contribution >= 4 is 23.7 Å². The van der Waals surface area contributed by atoms with E-state index in [0.29, 0.717) is 6.54 Å². The van der Waals surface area contributed by atoms with Gasteiger partial charge >= 0.3 is 6.03 Å². The molecule has 0 saturated heterocycles. The third-order valence-electron chi connectivity index (χ3n) is 4.50. The Hall–Kier alpha value is -1.79. The Labute approximate surface area is 160 Å². The number of hydrogen-bond acceptors (Lipinski definition) is 3. The standard InChI is InChI=1S/C20H29N3O2S/c1-23(14-17-8-10-18(26-2)11-9-17)15-19(24)22-20(25)21-13-12-16-6-4-3-5-7-16/h6,8-11H,3-5,7,12-15H2,1-2H3,(H2,21,22,24,25)/p+1. The number of quaternary nitrogens is 1. The van der Waals surface area contributed by atoms with E-state index in [-0.39, 0.29) is 12.5 Å². The first-order valence-electron chi connectivity index (χ1n) is 9.26. The summed E-state index contributed by atoms with van der Waals surface area (Å²) in [5, 5.41) is 5.19. The van der Waals surface area contributed by atoms with E-state index in [1.165, 1.54) is 28.9 Å². The van der Waals surface area contributed by atoms with Gasteiger partial charge in [-0.2, -0.15) is 0 Å². The van der Waals surface area contributed by atoms with Crippen LogP contribution in [-0.2, 0) is 11.3 Å². The number of allylic oxidation sites excluding steroid dienone is 1. The molecule has 1 atom stereocenters. The highest BCUT2D eigenvalue weighted by atomic mass is 32.2. The van der Waals surface area contributed by atoms with Gasteiger partial charge in [-0.15, -0.1) is 11.8 Å². The van der Waals surface area contributed by atoms with Gasteiger partial charge in [0.2, 0.25) is 0 Å². The van der Waals surface area contributed by atoms with Crippen LogP contribution in [0.25, 0.3) is 0 Å². The van der Waals surface area contributed by atoms with Crippen LogP contribution >= 0.6 is 11.8 Å². The summed E-state index contributed by atoms with van der Waals surface area (Å²) in [6, 6.07) is 7.94. The number of imide groups is 1. The van der Waals surface area contributed by atoms with Crippen LogP contribution in [0.4, 0.5) is 4.79 Å². The average molecular weight is 377 g/mol. The lowest BCUT2D eigenvalue weighted by Crippen LogP contribution is -3.09. The van der Waals surface area contributed by atoms with Gasteiger partial charge in [0.1, 0.15) is 6.54 Å². The highest BCUT2D eigenvalue weighted by Gasteiger charge is 2.13. The summed E-state index contributed by atoms with van der Waals surface area (Å²) < 4.78 is 0. The number of likely N-dealkylation sites (N-methyl/N-ethyl adjacent to an activating group) is 1. The minimum absolute atomic E-state index is 0.252. The van der Waals surface area contributed by atoms with Crippen molar-refractivity contribution in [2.24, 2.45) is 0 Å². The zero-order valence-electron chi connectivity index (χ0n) is 15.8. The van der Waals surface area contributed by atoms with E-state index in [2.05, 4.69) is 41.0 Å². The van der Waals surface area contributed by atoms with Crippen molar-refractivity contribution in [3.05, 3.63) is 41.5 Å². The lowest BCUT2D eigenvalue weighted by atomic mass is 9.97. The molecule has 1 aromatic rings. The number of hydrogen-bond donors (Lipinski definition) is 3. The second kappa shape index (κ2) is 11.0. The van der Waals surface area contributed by atoms with E-state index in [1.54, 1.807) is 11.8 Å². The summed E-state index contributed by atoms with van der Waals surface area (Å²) >= 11 is 1.71. The van der Waals surface area contributed by atoms with Crippen LogP contribution in [0.1, 0.15) is 37.7 Å². The number of nitrogens with one attached hydrogen (secondary N) is 3. The zero-order chi connectivity index (χ0) is 18.8. The topological polar surface area (TPSA) is 62.6 Å². The molecule has 0 aliphatic heterocycles. The summed E-state index contributed by atoms with van der Waals surface area (Å²) in [5.74, 6) is -0.252. The third kappa shape index (κ3) is 7.62. The molecule has 5 nitrogen and oxygen atoms in total. The smallest absolute Gasteiger partial charge is 0.321 e. The Balaban J connectivity index is 1.64. The highest BCUT2D eigenvalue weighted by Crippen LogP contribution is 2.19. The summed E-state index contributed by atoms with van der Waals surface area (Å²) in [6.07, 6.45) is 9.99. The van der Waals surface area contributed by atoms with Gasteiger partial charge in [-0.1, -0.05) is 23.8 Å². The van der Waals surface area contributed by atoms with Crippen molar-refractivity contribution in [2.45, 2.75) is 43.5 Å². The zero-order valence-corrected chi connectivity index (χ0v) is 16.6. The molecule has 0 aromatic heterocycles. The molecule has 1 aliphatic carbocycles. The molecule has 142 valence electrons. The maximum atomic E-state index is 12.0. The lowest BCUT2D eigenvalue weighted by Gasteiger charge is -2.15. The molecule has 0 heterocycles. The number of carbonyl (C=O) groups is 2. The van der Waals surface area contributed by atoms with E-state index in [9.17, 15) is 9.59 Å². The molecule has 0 spiro atoms. The SMILES string of the molecule is CSc1ccc(C[NH+](C)CC(=O)NC(=O)NCCC2=CCCCC2)cc1. The summed E-state index contributed by atoms with van der Waals surface area (Å²) in [6.45, 7) is 1.59. The fourth-order valence-electron chi connectivity index (χ4n) is 3.11. The van der Waals surface area contributed by atoms with Crippen molar-refractivity contribution in [1.82, 2.24) is 10.6 Å². The maximum absolute atomic E-state index is 12.0. The third-order valence-corrected chi connectivity index (χ3v) is 5.24. The van der Waals surface area contributed by atoms with Gasteiger partial charge in [-0.25, -0.2) is 4.79 Å². The molecule has 6 heteroatoms. The van der Waals surface area contributed by atoms with Gasteiger partial charge in [-0.3, -0.25) is 10.1 Å². The van der Waals surface area contributed by atoms with Crippen LogP contribution in [0.5, 0.6) is 0 Å². The molecule has 0 saturated carbocycles. The molecule has 0 fully saturated rings. The van der Waals surface area contributed by atoms with Gasteiger partial charge in [0.15, 0.2) is 6.54 Å². The van der Waals surface area contributed by atoms with Gasteiger partial charge in [0.05, 0.1) is 7.05 Å². The number of carbonyl (C=O) groups excluding carboxylic acids is 2. The van der Waals surface area contributed by atoms with E-state index in [0.717, 1.165) is 30.7 Å². The lowest BCUT2D eigenvalue weighted by molar-refractivity contribution is -0.885. The molecule has 1 aliphatic rings. The van der Waals surface area contributed by atoms with Crippen LogP contribution in [0.2, 0.25) is 0 Å². The van der Waals surface area contributed by atoms with Crippen LogP contribution in [0.3, 0.4) is 0 Å². The number of amides is 3. The Morgan fingerprint density at radius 2 is 1.96 bits per heavy atom. The molecule has 2 rings (SSSR count). The summed E-state index contributed by atoms with van der Waals surface area (Å²) in [4.78, 5) is 26.1.